The molecule has 0 atom stereocenters. The van der Waals surface area contributed by atoms with Gasteiger partial charge < -0.3 is 18.6 Å². The summed E-state index contributed by atoms with van der Waals surface area (Å²) >= 11 is 0. The van der Waals surface area contributed by atoms with E-state index >= 15 is 0 Å². The van der Waals surface area contributed by atoms with Crippen LogP contribution in [0.4, 0.5) is 34.1 Å². The van der Waals surface area contributed by atoms with Gasteiger partial charge in [-0.15, -0.1) is 0 Å². The molecular formula is C72H54N4O2. The van der Waals surface area contributed by atoms with E-state index in [1.807, 2.05) is 48.5 Å². The first-order chi connectivity index (χ1) is 38.0. The van der Waals surface area contributed by atoms with Crippen LogP contribution in [0.3, 0.4) is 0 Å². The lowest BCUT2D eigenvalue weighted by Crippen LogP contribution is -2.40. The Balaban J connectivity index is 1.05. The van der Waals surface area contributed by atoms with Crippen LogP contribution < -0.4 is 9.80 Å². The first-order valence-corrected chi connectivity index (χ1v) is 27.0. The van der Waals surface area contributed by atoms with Crippen molar-refractivity contribution in [2.75, 3.05) is 9.80 Å². The van der Waals surface area contributed by atoms with Crippen LogP contribution in [0.15, 0.2) is 215 Å². The third-order valence-corrected chi connectivity index (χ3v) is 16.9. The second-order valence-electron chi connectivity index (χ2n) is 22.2. The van der Waals surface area contributed by atoms with Crippen molar-refractivity contribution < 1.29 is 8.83 Å². The van der Waals surface area contributed by atoms with E-state index < -0.39 is 5.41 Å². The molecule has 0 aliphatic heterocycles. The minimum atomic E-state index is -0.791. The Hall–Kier alpha value is -9.62. The Morgan fingerprint density at radius 3 is 1.12 bits per heavy atom. The van der Waals surface area contributed by atoms with E-state index in [4.69, 9.17) is 8.83 Å². The van der Waals surface area contributed by atoms with Crippen LogP contribution in [0, 0.1) is 22.7 Å². The molecule has 2 aromatic heterocycles. The van der Waals surface area contributed by atoms with Crippen molar-refractivity contribution in [3.8, 4) is 23.3 Å². The summed E-state index contributed by atoms with van der Waals surface area (Å²) in [5.74, 6) is 0.531. The summed E-state index contributed by atoms with van der Waals surface area (Å²) in [6.45, 7) is 13.6. The molecule has 2 aliphatic rings. The highest BCUT2D eigenvalue weighted by Gasteiger charge is 2.54. The lowest BCUT2D eigenvalue weighted by Gasteiger charge is -2.47. The fraction of sp³-hybridized carbons (Fsp3) is 0.139. The summed E-state index contributed by atoms with van der Waals surface area (Å²) in [5.41, 5.74) is 21.0. The van der Waals surface area contributed by atoms with Crippen LogP contribution in [0.25, 0.3) is 55.0 Å². The third-order valence-electron chi connectivity index (χ3n) is 16.9. The first-order valence-electron chi connectivity index (χ1n) is 27.0. The summed E-state index contributed by atoms with van der Waals surface area (Å²) in [6, 6.07) is 78.3. The van der Waals surface area contributed by atoms with E-state index in [1.54, 1.807) is 0 Å². The highest BCUT2D eigenvalue weighted by Crippen LogP contribution is 2.64. The maximum absolute atomic E-state index is 10.0. The maximum Gasteiger partial charge on any atom is 0.159 e. The number of benzene rings is 10. The molecule has 0 saturated carbocycles. The molecule has 374 valence electrons. The molecule has 0 fully saturated rings. The molecule has 6 heteroatoms. The van der Waals surface area contributed by atoms with Crippen LogP contribution in [0.5, 0.6) is 0 Å². The lowest BCUT2D eigenvalue weighted by atomic mass is 9.55. The molecule has 12 aromatic rings. The zero-order valence-corrected chi connectivity index (χ0v) is 44.4. The number of hydrogen-bond donors (Lipinski definition) is 0. The van der Waals surface area contributed by atoms with Crippen LogP contribution in [-0.4, -0.2) is 0 Å². The van der Waals surface area contributed by atoms with E-state index in [0.29, 0.717) is 11.1 Å². The number of nitrogens with zero attached hydrogens (tertiary/aromatic N) is 4. The van der Waals surface area contributed by atoms with Crippen molar-refractivity contribution in [2.45, 2.75) is 64.2 Å². The van der Waals surface area contributed by atoms with Crippen LogP contribution in [0.2, 0.25) is 0 Å². The first kappa shape index (κ1) is 46.9. The van der Waals surface area contributed by atoms with E-state index in [0.717, 1.165) is 89.1 Å². The van der Waals surface area contributed by atoms with E-state index in [9.17, 15) is 10.5 Å². The zero-order valence-electron chi connectivity index (χ0n) is 44.4. The fourth-order valence-corrected chi connectivity index (χ4v) is 13.3. The van der Waals surface area contributed by atoms with E-state index in [2.05, 4.69) is 221 Å². The number of furan rings is 2. The van der Waals surface area contributed by atoms with Crippen molar-refractivity contribution in [1.29, 1.82) is 10.5 Å². The van der Waals surface area contributed by atoms with Gasteiger partial charge in [-0.1, -0.05) is 163 Å². The quantitative estimate of drug-likeness (QED) is 0.151. The molecule has 78 heavy (non-hydrogen) atoms. The smallest absolute Gasteiger partial charge is 0.159 e. The molecule has 14 rings (SSSR count). The van der Waals surface area contributed by atoms with Crippen LogP contribution in [0.1, 0.15) is 109 Å². The van der Waals surface area contributed by atoms with Crippen molar-refractivity contribution in [3.05, 3.63) is 262 Å². The number of para-hydroxylation sites is 4. The molecule has 2 aliphatic carbocycles. The second kappa shape index (κ2) is 17.5. The second-order valence-corrected chi connectivity index (χ2v) is 22.2. The predicted molar refractivity (Wildman–Crippen MR) is 317 cm³/mol. The number of nitriles is 2. The Kier molecular flexibility index (Phi) is 10.5. The molecular weight excluding hydrogens is 953 g/mol. The molecule has 1 spiro atoms. The van der Waals surface area contributed by atoms with Crippen LogP contribution in [-0.2, 0) is 10.8 Å². The van der Waals surface area contributed by atoms with Gasteiger partial charge in [0.2, 0.25) is 0 Å². The monoisotopic (exact) mass is 1010 g/mol. The normalized spacial score (nSPS) is 13.7. The maximum atomic E-state index is 10.0. The van der Waals surface area contributed by atoms with Crippen molar-refractivity contribution in [2.24, 2.45) is 0 Å². The summed E-state index contributed by atoms with van der Waals surface area (Å²) in [5, 5.41) is 24.3. The summed E-state index contributed by atoms with van der Waals surface area (Å²) < 4.78 is 14.1. The van der Waals surface area contributed by atoms with Gasteiger partial charge in [-0.2, -0.15) is 10.5 Å². The molecule has 2 heterocycles. The van der Waals surface area contributed by atoms with Crippen molar-refractivity contribution in [1.82, 2.24) is 0 Å². The van der Waals surface area contributed by atoms with Gasteiger partial charge in [0.25, 0.3) is 0 Å². The number of anilines is 6. The van der Waals surface area contributed by atoms with Gasteiger partial charge >= 0.3 is 0 Å². The van der Waals surface area contributed by atoms with Gasteiger partial charge in [-0.25, -0.2) is 0 Å². The minimum absolute atomic E-state index is 0.265. The Morgan fingerprint density at radius 2 is 0.731 bits per heavy atom. The zero-order chi connectivity index (χ0) is 53.2. The lowest BCUT2D eigenvalue weighted by molar-refractivity contribution is 0.563. The number of fused-ring (bicyclic) bond motifs is 15. The highest BCUT2D eigenvalue weighted by atomic mass is 16.3. The largest absolute Gasteiger partial charge is 0.454 e. The average molecular weight is 1010 g/mol. The van der Waals surface area contributed by atoms with Crippen molar-refractivity contribution in [3.63, 3.8) is 0 Å². The molecule has 10 aromatic carbocycles. The molecule has 0 saturated heterocycles. The van der Waals surface area contributed by atoms with Gasteiger partial charge in [0.15, 0.2) is 11.2 Å². The molecule has 0 N–H and O–H groups in total. The number of hydrogen-bond acceptors (Lipinski definition) is 6. The minimum Gasteiger partial charge on any atom is -0.454 e. The molecule has 0 amide bonds. The topological polar surface area (TPSA) is 80.3 Å². The van der Waals surface area contributed by atoms with Gasteiger partial charge in [-0.05, 0) is 152 Å². The molecule has 6 nitrogen and oxygen atoms in total. The fourth-order valence-electron chi connectivity index (χ4n) is 13.3. The van der Waals surface area contributed by atoms with E-state index in [-0.39, 0.29) is 17.3 Å². The summed E-state index contributed by atoms with van der Waals surface area (Å²) in [7, 11) is 0. The number of rotatable bonds is 8. The van der Waals surface area contributed by atoms with Gasteiger partial charge in [0.1, 0.15) is 11.2 Å². The predicted octanol–water partition coefficient (Wildman–Crippen LogP) is 19.4. The Labute approximate surface area is 454 Å². The summed E-state index contributed by atoms with van der Waals surface area (Å²) in [6.07, 6.45) is 0. The SMILES string of the molecule is CC(C)c1cccc2c1oc1c(N(c3ccc(C#N)cc3)c3ccc4c(c3)C3(c5cc(N(c6ccc(C#N)cc6)c6cccc7c6oc6c(C(C)C)cccc67)ccc5-4)c4ccccc4C(C)(C)c4ccccc43)cccc12. The van der Waals surface area contributed by atoms with Gasteiger partial charge in [0.05, 0.1) is 40.1 Å². The molecule has 0 unspecified atom stereocenters. The molecule has 0 bridgehead atoms. The van der Waals surface area contributed by atoms with Crippen LogP contribution >= 0.6 is 0 Å². The molecule has 0 radical (unpaired) electrons. The Morgan fingerprint density at radius 1 is 0.372 bits per heavy atom. The Bertz CT molecular complexity index is 4230. The van der Waals surface area contributed by atoms with Gasteiger partial charge in [0, 0.05) is 49.7 Å². The average Bonchev–Trinajstić information content (AvgIpc) is 3.45. The standard InChI is InChI=1S/C72H54N4O2/c1-43(2)51-15-11-17-55-57-19-13-25-65(69(57)77-67(51)55)75(47-31-27-45(41-73)28-32-47)49-35-37-53-54-38-36-50(40-64(54)72(63(53)39-49)61-23-9-7-21-59(61)71(5,6)60-22-8-10-24-62(60)72)76(48-33-29-46(42-74)30-34-48)66-26-14-20-58-56-18-12-16-52(44(3)4)68(56)78-70(58)66/h7-40,43-44H,1-6H3. The third kappa shape index (κ3) is 6.66. The van der Waals surface area contributed by atoms with Crippen molar-refractivity contribution >= 4 is 78.0 Å². The highest BCUT2D eigenvalue weighted by molar-refractivity contribution is 6.12. The van der Waals surface area contributed by atoms with Gasteiger partial charge in [-0.3, -0.25) is 0 Å². The summed E-state index contributed by atoms with van der Waals surface area (Å²) in [4.78, 5) is 4.61. The van der Waals surface area contributed by atoms with E-state index in [1.165, 1.54) is 44.5 Å².